The maximum absolute atomic E-state index is 13.3. The number of hydrogen-bond acceptors (Lipinski definition) is 3. The molecule has 0 spiro atoms. The number of nitrogens with two attached hydrogens (primary N) is 2. The first-order chi connectivity index (χ1) is 8.59. The Labute approximate surface area is 107 Å². The molecule has 0 fully saturated rings. The zero-order valence-corrected chi connectivity index (χ0v) is 11.2. The number of rotatable bonds is 3. The van der Waals surface area contributed by atoms with Gasteiger partial charge in [0, 0.05) is 28.1 Å². The maximum Gasteiger partial charge on any atom is 0.147 e. The van der Waals surface area contributed by atoms with Crippen molar-refractivity contribution in [2.24, 2.45) is 0 Å². The lowest BCUT2D eigenvalue weighted by molar-refractivity contribution is 0.588. The molecule has 18 heavy (non-hydrogen) atoms. The van der Waals surface area contributed by atoms with Crippen molar-refractivity contribution in [3.8, 4) is 0 Å². The topological polar surface area (TPSA) is 69.1 Å². The van der Waals surface area contributed by atoms with E-state index in [-0.39, 0.29) is 0 Å². The second kappa shape index (κ2) is 4.87. The second-order valence-electron chi connectivity index (χ2n) is 4.17. The minimum absolute atomic E-state index is 0.509. The lowest BCUT2D eigenvalue weighted by atomic mass is 10.3. The van der Waals surface area contributed by atoms with E-state index in [1.165, 1.54) is 0 Å². The van der Waals surface area contributed by atoms with Crippen molar-refractivity contribution in [2.45, 2.75) is 6.92 Å². The van der Waals surface area contributed by atoms with Crippen molar-refractivity contribution in [1.82, 2.24) is 0 Å². The van der Waals surface area contributed by atoms with Crippen LogP contribution in [0.2, 0.25) is 0 Å². The Kier molecular flexibility index (Phi) is 3.44. The molecule has 2 aromatic rings. The van der Waals surface area contributed by atoms with Gasteiger partial charge in [-0.15, -0.1) is 0 Å². The van der Waals surface area contributed by atoms with Crippen molar-refractivity contribution in [3.63, 3.8) is 0 Å². The van der Waals surface area contributed by atoms with Crippen molar-refractivity contribution in [2.75, 3.05) is 17.6 Å². The summed E-state index contributed by atoms with van der Waals surface area (Å²) < 4.78 is 13.3. The van der Waals surface area contributed by atoms with E-state index in [2.05, 4.69) is 0 Å². The Bertz CT molecular complexity index is 561. The number of nitrogen functional groups attached to an aromatic ring is 2. The average molecular weight is 260 g/mol. The molecular weight excluding hydrogens is 243 g/mol. The van der Waals surface area contributed by atoms with Gasteiger partial charge in [0.15, 0.2) is 0 Å². The molecule has 0 heterocycles. The summed E-state index contributed by atoms with van der Waals surface area (Å²) in [5, 5.41) is 1.40. The first-order valence-corrected chi connectivity index (χ1v) is 7.78. The first-order valence-electron chi connectivity index (χ1n) is 5.89. The van der Waals surface area contributed by atoms with Gasteiger partial charge in [-0.2, -0.15) is 0 Å². The molecule has 0 atom stereocenters. The van der Waals surface area contributed by atoms with Gasteiger partial charge < -0.3 is 16.0 Å². The molecular formula is C14H17N2OP. The third-order valence-electron chi connectivity index (χ3n) is 3.10. The van der Waals surface area contributed by atoms with Gasteiger partial charge in [-0.25, -0.2) is 0 Å². The molecule has 0 aliphatic rings. The third-order valence-corrected chi connectivity index (χ3v) is 6.36. The molecule has 0 aliphatic carbocycles. The fraction of sp³-hybridized carbons (Fsp3) is 0.143. The largest absolute Gasteiger partial charge is 0.398 e. The summed E-state index contributed by atoms with van der Waals surface area (Å²) in [5.74, 6) is 0. The van der Waals surface area contributed by atoms with Gasteiger partial charge in [-0.3, -0.25) is 0 Å². The van der Waals surface area contributed by atoms with E-state index in [1.54, 1.807) is 12.1 Å². The fourth-order valence-electron chi connectivity index (χ4n) is 2.10. The quantitative estimate of drug-likeness (QED) is 0.656. The van der Waals surface area contributed by atoms with Gasteiger partial charge in [0.05, 0.1) is 0 Å². The highest BCUT2D eigenvalue weighted by Crippen LogP contribution is 2.45. The van der Waals surface area contributed by atoms with Gasteiger partial charge in [-0.05, 0) is 24.3 Å². The van der Waals surface area contributed by atoms with Gasteiger partial charge in [0.1, 0.15) is 7.14 Å². The van der Waals surface area contributed by atoms with E-state index in [0.717, 1.165) is 0 Å². The summed E-state index contributed by atoms with van der Waals surface area (Å²) in [6, 6.07) is 14.6. The summed E-state index contributed by atoms with van der Waals surface area (Å²) >= 11 is 0. The molecule has 4 heteroatoms. The molecule has 0 radical (unpaired) electrons. The molecule has 2 rings (SSSR count). The molecule has 0 bridgehead atoms. The first kappa shape index (κ1) is 12.7. The smallest absolute Gasteiger partial charge is 0.147 e. The summed E-state index contributed by atoms with van der Waals surface area (Å²) in [7, 11) is -2.73. The van der Waals surface area contributed by atoms with Crippen LogP contribution in [-0.2, 0) is 4.57 Å². The highest BCUT2D eigenvalue weighted by Gasteiger charge is 2.28. The summed E-state index contributed by atoms with van der Waals surface area (Å²) in [4.78, 5) is 0. The van der Waals surface area contributed by atoms with Gasteiger partial charge >= 0.3 is 0 Å². The van der Waals surface area contributed by atoms with Gasteiger partial charge in [0.2, 0.25) is 0 Å². The van der Waals surface area contributed by atoms with Crippen molar-refractivity contribution < 1.29 is 4.57 Å². The Balaban J connectivity index is 2.68. The van der Waals surface area contributed by atoms with E-state index in [0.29, 0.717) is 28.1 Å². The Morgan fingerprint density at radius 3 is 1.61 bits per heavy atom. The summed E-state index contributed by atoms with van der Waals surface area (Å²) in [5.41, 5.74) is 13.0. The minimum atomic E-state index is -2.73. The lowest BCUT2D eigenvalue weighted by Crippen LogP contribution is -2.22. The number of anilines is 2. The van der Waals surface area contributed by atoms with Crippen LogP contribution in [0, 0.1) is 0 Å². The zero-order chi connectivity index (χ0) is 13.2. The maximum atomic E-state index is 13.3. The summed E-state index contributed by atoms with van der Waals surface area (Å²) in [6.07, 6.45) is 0.509. The minimum Gasteiger partial charge on any atom is -0.398 e. The molecule has 94 valence electrons. The molecule has 0 aliphatic heterocycles. The molecule has 0 aromatic heterocycles. The van der Waals surface area contributed by atoms with Crippen molar-refractivity contribution in [1.29, 1.82) is 0 Å². The van der Waals surface area contributed by atoms with E-state index in [1.807, 2.05) is 43.3 Å². The third kappa shape index (κ3) is 2.02. The van der Waals surface area contributed by atoms with E-state index < -0.39 is 7.14 Å². The molecule has 2 aromatic carbocycles. The fourth-order valence-corrected chi connectivity index (χ4v) is 4.68. The van der Waals surface area contributed by atoms with Crippen molar-refractivity contribution >= 4 is 29.1 Å². The number of para-hydroxylation sites is 2. The molecule has 0 saturated heterocycles. The normalized spacial score (nSPS) is 11.4. The van der Waals surface area contributed by atoms with Crippen LogP contribution in [0.3, 0.4) is 0 Å². The summed E-state index contributed by atoms with van der Waals surface area (Å²) in [6.45, 7) is 1.90. The van der Waals surface area contributed by atoms with Crippen LogP contribution in [0.1, 0.15) is 6.92 Å². The van der Waals surface area contributed by atoms with Crippen molar-refractivity contribution in [3.05, 3.63) is 48.5 Å². The standard InChI is InChI=1S/C14H17N2OP/c1-2-18(17,13-9-5-3-7-11(13)15)14-10-6-4-8-12(14)16/h3-10H,2,15-16H2,1H3. The van der Waals surface area contributed by atoms with Gasteiger partial charge in [0.25, 0.3) is 0 Å². The Morgan fingerprint density at radius 2 is 1.28 bits per heavy atom. The second-order valence-corrected chi connectivity index (χ2v) is 7.25. The van der Waals surface area contributed by atoms with E-state index >= 15 is 0 Å². The van der Waals surface area contributed by atoms with E-state index in [4.69, 9.17) is 11.5 Å². The zero-order valence-electron chi connectivity index (χ0n) is 10.3. The van der Waals surface area contributed by atoms with Crippen LogP contribution in [0.15, 0.2) is 48.5 Å². The van der Waals surface area contributed by atoms with E-state index in [9.17, 15) is 4.57 Å². The molecule has 3 nitrogen and oxygen atoms in total. The van der Waals surface area contributed by atoms with Gasteiger partial charge in [-0.1, -0.05) is 31.2 Å². The molecule has 4 N–H and O–H groups in total. The highest BCUT2D eigenvalue weighted by atomic mass is 31.2. The van der Waals surface area contributed by atoms with Crippen LogP contribution >= 0.6 is 7.14 Å². The Hall–Kier alpha value is -1.73. The molecule has 0 amide bonds. The SMILES string of the molecule is CCP(=O)(c1ccccc1N)c1ccccc1N. The van der Waals surface area contributed by atoms with Crippen LogP contribution in [0.4, 0.5) is 11.4 Å². The molecule has 0 saturated carbocycles. The van der Waals surface area contributed by atoms with Crippen LogP contribution < -0.4 is 22.1 Å². The predicted octanol–water partition coefficient (Wildman–Crippen LogP) is 2.18. The predicted molar refractivity (Wildman–Crippen MR) is 79.1 cm³/mol. The van der Waals surface area contributed by atoms with Crippen LogP contribution in [0.25, 0.3) is 0 Å². The highest BCUT2D eigenvalue weighted by molar-refractivity contribution is 7.79. The van der Waals surface area contributed by atoms with Crippen LogP contribution in [0.5, 0.6) is 0 Å². The number of hydrogen-bond donors (Lipinski definition) is 2. The average Bonchev–Trinajstić information content (AvgIpc) is 2.39. The van der Waals surface area contributed by atoms with Crippen LogP contribution in [-0.4, -0.2) is 6.16 Å². The molecule has 0 unspecified atom stereocenters. The number of benzene rings is 2. The lowest BCUT2D eigenvalue weighted by Gasteiger charge is -2.20. The monoisotopic (exact) mass is 260 g/mol. The Morgan fingerprint density at radius 1 is 0.889 bits per heavy atom.